The number of rotatable bonds is 1. The Balaban J connectivity index is 2.94. The maximum absolute atomic E-state index is 5.48. The normalized spacial score (nSPS) is 9.00. The molecule has 0 aliphatic carbocycles. The third kappa shape index (κ3) is 1.58. The zero-order valence-corrected chi connectivity index (χ0v) is 6.12. The van der Waals surface area contributed by atoms with E-state index in [4.69, 9.17) is 5.73 Å². The summed E-state index contributed by atoms with van der Waals surface area (Å²) in [6.07, 6.45) is 0. The number of benzene rings is 1. The van der Waals surface area contributed by atoms with E-state index in [1.165, 1.54) is 0 Å². The molecule has 0 aliphatic rings. The Morgan fingerprint density at radius 3 is 2.67 bits per heavy atom. The highest BCUT2D eigenvalue weighted by molar-refractivity contribution is 7.18. The van der Waals surface area contributed by atoms with Gasteiger partial charge in [0.15, 0.2) is 0 Å². The second-order valence-electron chi connectivity index (χ2n) is 1.77. The summed E-state index contributed by atoms with van der Waals surface area (Å²) in [6, 6.07) is 7.57. The molecule has 0 aliphatic heterocycles. The molecule has 9 heavy (non-hydrogen) atoms. The van der Waals surface area contributed by atoms with Crippen LogP contribution in [0.25, 0.3) is 0 Å². The predicted octanol–water partition coefficient (Wildman–Crippen LogP) is 1.47. The van der Waals surface area contributed by atoms with Gasteiger partial charge < -0.3 is 10.8 Å². The number of nitrogens with one attached hydrogen (secondary N) is 1. The Bertz CT molecular complexity index is 200. The van der Waals surface area contributed by atoms with Crippen LogP contribution in [-0.4, -0.2) is 0 Å². The summed E-state index contributed by atoms with van der Waals surface area (Å²) in [7, 11) is 2.41. The molecule has 1 unspecified atom stereocenters. The SMILES string of the molecule is Nc1cccc(NP)c1. The predicted molar refractivity (Wildman–Crippen MR) is 44.2 cm³/mol. The Hall–Kier alpha value is -0.750. The van der Waals surface area contributed by atoms with Gasteiger partial charge in [-0.2, -0.15) is 0 Å². The summed E-state index contributed by atoms with van der Waals surface area (Å²) in [4.78, 5) is 0. The van der Waals surface area contributed by atoms with Crippen molar-refractivity contribution < 1.29 is 0 Å². The number of anilines is 2. The van der Waals surface area contributed by atoms with E-state index < -0.39 is 0 Å². The molecule has 1 atom stereocenters. The lowest BCUT2D eigenvalue weighted by atomic mass is 10.3. The van der Waals surface area contributed by atoms with E-state index in [1.54, 1.807) is 0 Å². The first kappa shape index (κ1) is 6.37. The van der Waals surface area contributed by atoms with Gasteiger partial charge in [-0.1, -0.05) is 6.07 Å². The van der Waals surface area contributed by atoms with Crippen LogP contribution in [0, 0.1) is 0 Å². The van der Waals surface area contributed by atoms with E-state index in [-0.39, 0.29) is 0 Å². The molecular weight excluding hydrogens is 131 g/mol. The minimum Gasteiger partial charge on any atom is -0.399 e. The average Bonchev–Trinajstić information content (AvgIpc) is 1.88. The van der Waals surface area contributed by atoms with E-state index in [1.807, 2.05) is 24.3 Å². The van der Waals surface area contributed by atoms with Crippen LogP contribution < -0.4 is 10.8 Å². The third-order valence-electron chi connectivity index (χ3n) is 1.05. The molecule has 1 aromatic rings. The van der Waals surface area contributed by atoms with Crippen molar-refractivity contribution >= 4 is 20.8 Å². The Morgan fingerprint density at radius 2 is 2.22 bits per heavy atom. The van der Waals surface area contributed by atoms with Crippen molar-refractivity contribution in [2.75, 3.05) is 10.8 Å². The van der Waals surface area contributed by atoms with Crippen LogP contribution in [0.3, 0.4) is 0 Å². The van der Waals surface area contributed by atoms with Crippen molar-refractivity contribution in [3.05, 3.63) is 24.3 Å². The van der Waals surface area contributed by atoms with Crippen molar-refractivity contribution in [2.24, 2.45) is 0 Å². The Labute approximate surface area is 56.7 Å². The molecule has 0 saturated carbocycles. The number of nitrogen functional groups attached to an aromatic ring is 1. The van der Waals surface area contributed by atoms with Crippen LogP contribution in [0.15, 0.2) is 24.3 Å². The average molecular weight is 140 g/mol. The molecule has 1 rings (SSSR count). The van der Waals surface area contributed by atoms with Crippen molar-refractivity contribution in [1.29, 1.82) is 0 Å². The molecule has 0 saturated heterocycles. The quantitative estimate of drug-likeness (QED) is 0.458. The molecule has 0 bridgehead atoms. The molecule has 1 aromatic carbocycles. The highest BCUT2D eigenvalue weighted by atomic mass is 31.0. The van der Waals surface area contributed by atoms with Gasteiger partial charge in [-0.05, 0) is 27.6 Å². The minimum absolute atomic E-state index is 0.780. The van der Waals surface area contributed by atoms with Gasteiger partial charge in [0.2, 0.25) is 0 Å². The second kappa shape index (κ2) is 2.70. The molecule has 0 spiro atoms. The van der Waals surface area contributed by atoms with Crippen LogP contribution in [0.1, 0.15) is 0 Å². The van der Waals surface area contributed by atoms with E-state index in [9.17, 15) is 0 Å². The summed E-state index contributed by atoms with van der Waals surface area (Å²) in [6.45, 7) is 0. The summed E-state index contributed by atoms with van der Waals surface area (Å²) >= 11 is 0. The molecular formula is C6H9N2P. The van der Waals surface area contributed by atoms with E-state index in [2.05, 4.69) is 14.5 Å². The fraction of sp³-hybridized carbons (Fsp3) is 0. The standard InChI is InChI=1S/C6H9N2P/c7-5-2-1-3-6(4-5)8-9/h1-4,8H,7,9H2. The molecule has 48 valence electrons. The van der Waals surface area contributed by atoms with Gasteiger partial charge >= 0.3 is 0 Å². The van der Waals surface area contributed by atoms with Crippen LogP contribution in [0.5, 0.6) is 0 Å². The van der Waals surface area contributed by atoms with E-state index >= 15 is 0 Å². The molecule has 0 fully saturated rings. The molecule has 0 amide bonds. The molecule has 3 N–H and O–H groups in total. The zero-order chi connectivity index (χ0) is 6.69. The molecule has 0 radical (unpaired) electrons. The Kier molecular flexibility index (Phi) is 1.91. The van der Waals surface area contributed by atoms with Crippen LogP contribution >= 0.6 is 9.39 Å². The second-order valence-corrected chi connectivity index (χ2v) is 2.06. The highest BCUT2D eigenvalue weighted by Gasteiger charge is 1.85. The van der Waals surface area contributed by atoms with Crippen LogP contribution in [-0.2, 0) is 0 Å². The largest absolute Gasteiger partial charge is 0.399 e. The fourth-order valence-electron chi connectivity index (χ4n) is 0.628. The maximum atomic E-state index is 5.48. The van der Waals surface area contributed by atoms with E-state index in [0.29, 0.717) is 0 Å². The maximum Gasteiger partial charge on any atom is 0.0389 e. The van der Waals surface area contributed by atoms with Crippen molar-refractivity contribution in [3.8, 4) is 0 Å². The first-order valence-corrected chi connectivity index (χ1v) is 3.23. The van der Waals surface area contributed by atoms with E-state index in [0.717, 1.165) is 11.4 Å². The third-order valence-corrected chi connectivity index (χ3v) is 1.39. The van der Waals surface area contributed by atoms with Crippen LogP contribution in [0.4, 0.5) is 11.4 Å². The summed E-state index contributed by atoms with van der Waals surface area (Å²) < 4.78 is 0. The number of hydrogen-bond acceptors (Lipinski definition) is 2. The molecule has 2 nitrogen and oxygen atoms in total. The summed E-state index contributed by atoms with van der Waals surface area (Å²) in [5.41, 5.74) is 7.28. The van der Waals surface area contributed by atoms with Gasteiger partial charge in [0, 0.05) is 11.4 Å². The number of nitrogens with two attached hydrogens (primary N) is 1. The lowest BCUT2D eigenvalue weighted by Crippen LogP contribution is -1.84. The first-order valence-electron chi connectivity index (χ1n) is 2.65. The molecule has 0 aromatic heterocycles. The summed E-state index contributed by atoms with van der Waals surface area (Å²) in [5, 5.41) is 2.90. The molecule has 3 heteroatoms. The topological polar surface area (TPSA) is 38.0 Å². The van der Waals surface area contributed by atoms with Crippen LogP contribution in [0.2, 0.25) is 0 Å². The summed E-state index contributed by atoms with van der Waals surface area (Å²) in [5.74, 6) is 0. The Morgan fingerprint density at radius 1 is 1.44 bits per heavy atom. The highest BCUT2D eigenvalue weighted by Crippen LogP contribution is 2.12. The smallest absolute Gasteiger partial charge is 0.0389 e. The van der Waals surface area contributed by atoms with Gasteiger partial charge in [-0.3, -0.25) is 0 Å². The van der Waals surface area contributed by atoms with Gasteiger partial charge in [0.05, 0.1) is 0 Å². The van der Waals surface area contributed by atoms with Crippen molar-refractivity contribution in [1.82, 2.24) is 0 Å². The lowest BCUT2D eigenvalue weighted by molar-refractivity contribution is 1.67. The van der Waals surface area contributed by atoms with Gasteiger partial charge in [0.1, 0.15) is 0 Å². The minimum atomic E-state index is 0.780. The fourth-order valence-corrected chi connectivity index (χ4v) is 0.808. The lowest BCUT2D eigenvalue weighted by Gasteiger charge is -1.98. The molecule has 0 heterocycles. The first-order chi connectivity index (χ1) is 4.33. The van der Waals surface area contributed by atoms with Gasteiger partial charge in [0.25, 0.3) is 0 Å². The van der Waals surface area contributed by atoms with Crippen molar-refractivity contribution in [3.63, 3.8) is 0 Å². The zero-order valence-electron chi connectivity index (χ0n) is 4.96. The van der Waals surface area contributed by atoms with Gasteiger partial charge in [-0.15, -0.1) is 0 Å². The van der Waals surface area contributed by atoms with Gasteiger partial charge in [-0.25, -0.2) is 0 Å². The number of hydrogen-bond donors (Lipinski definition) is 2. The monoisotopic (exact) mass is 140 g/mol. The van der Waals surface area contributed by atoms with Crippen molar-refractivity contribution in [2.45, 2.75) is 0 Å².